The summed E-state index contributed by atoms with van der Waals surface area (Å²) in [6.45, 7) is 4.86. The Bertz CT molecular complexity index is 1230. The van der Waals surface area contributed by atoms with Crippen molar-refractivity contribution in [1.29, 1.82) is 0 Å². The highest BCUT2D eigenvalue weighted by Crippen LogP contribution is 2.49. The number of hydrogen-bond acceptors (Lipinski definition) is 8. The van der Waals surface area contributed by atoms with Gasteiger partial charge in [-0.3, -0.25) is 0 Å². The number of benzene rings is 2. The molecule has 0 saturated carbocycles. The van der Waals surface area contributed by atoms with Crippen molar-refractivity contribution in [2.75, 3.05) is 0 Å². The standard InChI is InChI=1S/C22H24N2O7S/c1-21(2)22(3,27)20(23-10-9-15(26)13-24(23)28)18-12-17(7-8-19(18)31-21)32(29,30)16-6-4-5-14(25)11-16/h4-13,20,24-27H,1-3H3/t20-,22+/m1/s1. The van der Waals surface area contributed by atoms with E-state index in [0.29, 0.717) is 11.3 Å². The van der Waals surface area contributed by atoms with Crippen molar-refractivity contribution in [3.05, 3.63) is 77.5 Å². The van der Waals surface area contributed by atoms with E-state index in [1.165, 1.54) is 60.6 Å². The van der Waals surface area contributed by atoms with Crippen molar-refractivity contribution in [2.24, 2.45) is 0 Å². The van der Waals surface area contributed by atoms with E-state index in [9.17, 15) is 28.9 Å². The molecule has 0 bridgehead atoms. The summed E-state index contributed by atoms with van der Waals surface area (Å²) in [4.78, 5) is -0.183. The molecule has 3 atom stereocenters. The Morgan fingerprint density at radius 2 is 1.78 bits per heavy atom. The molecule has 0 fully saturated rings. The zero-order valence-corrected chi connectivity index (χ0v) is 18.5. The second kappa shape index (κ2) is 7.24. The van der Waals surface area contributed by atoms with E-state index < -0.39 is 32.3 Å². The largest absolute Gasteiger partial charge is 0.603 e. The summed E-state index contributed by atoms with van der Waals surface area (Å²) in [6, 6.07) is 8.53. The van der Waals surface area contributed by atoms with Gasteiger partial charge in [0.05, 0.1) is 16.0 Å². The molecule has 2 heterocycles. The van der Waals surface area contributed by atoms with Gasteiger partial charge in [-0.25, -0.2) is 18.6 Å². The van der Waals surface area contributed by atoms with Crippen LogP contribution >= 0.6 is 0 Å². The lowest BCUT2D eigenvalue weighted by atomic mass is 9.75. The van der Waals surface area contributed by atoms with E-state index >= 15 is 0 Å². The third-order valence-corrected chi connectivity index (χ3v) is 7.79. The first kappa shape index (κ1) is 22.2. The van der Waals surface area contributed by atoms with Gasteiger partial charge in [0, 0.05) is 11.6 Å². The van der Waals surface area contributed by atoms with Gasteiger partial charge in [-0.05, 0) is 57.2 Å². The molecule has 0 saturated heterocycles. The molecule has 9 nitrogen and oxygen atoms in total. The number of rotatable bonds is 3. The van der Waals surface area contributed by atoms with Crippen LogP contribution in [0.3, 0.4) is 0 Å². The third kappa shape index (κ3) is 3.41. The molecule has 0 aliphatic carbocycles. The van der Waals surface area contributed by atoms with E-state index in [4.69, 9.17) is 4.74 Å². The summed E-state index contributed by atoms with van der Waals surface area (Å²) in [5.74, 6) is -0.0930. The summed E-state index contributed by atoms with van der Waals surface area (Å²) in [5.41, 5.74) is -2.47. The Hall–Kier alpha value is -3.05. The number of fused-ring (bicyclic) bond motifs is 1. The SMILES string of the molecule is CC1(C)Oc2ccc(S(=O)(=O)c3cccc(O)c3)cc2[C@@H](N2C=CC(O)=C[NH+]2[O-])[C@]1(C)O. The Labute approximate surface area is 185 Å². The summed E-state index contributed by atoms with van der Waals surface area (Å²) < 4.78 is 32.4. The molecule has 1 unspecified atom stereocenters. The summed E-state index contributed by atoms with van der Waals surface area (Å²) in [5, 5.41) is 44.2. The van der Waals surface area contributed by atoms with E-state index in [-0.39, 0.29) is 21.3 Å². The lowest BCUT2D eigenvalue weighted by molar-refractivity contribution is -0.925. The molecule has 170 valence electrons. The molecule has 0 aromatic heterocycles. The number of aliphatic hydroxyl groups is 2. The zero-order valence-electron chi connectivity index (χ0n) is 17.7. The van der Waals surface area contributed by atoms with Gasteiger partial charge in [0.25, 0.3) is 0 Å². The maximum atomic E-state index is 13.2. The Kier molecular flexibility index (Phi) is 5.01. The van der Waals surface area contributed by atoms with Gasteiger partial charge in [-0.2, -0.15) is 0 Å². The van der Waals surface area contributed by atoms with Crippen molar-refractivity contribution < 1.29 is 33.6 Å². The molecule has 4 N–H and O–H groups in total. The van der Waals surface area contributed by atoms with Crippen LogP contribution in [0.5, 0.6) is 11.5 Å². The minimum Gasteiger partial charge on any atom is -0.603 e. The lowest BCUT2D eigenvalue weighted by Gasteiger charge is -2.53. The number of hydrogen-bond donors (Lipinski definition) is 4. The first-order valence-electron chi connectivity index (χ1n) is 9.85. The molecule has 2 aromatic rings. The van der Waals surface area contributed by atoms with Crippen LogP contribution in [0.2, 0.25) is 0 Å². The van der Waals surface area contributed by atoms with Gasteiger partial charge in [0.2, 0.25) is 9.84 Å². The first-order valence-corrected chi connectivity index (χ1v) is 11.3. The van der Waals surface area contributed by atoms with Gasteiger partial charge in [-0.15, -0.1) is 0 Å². The second-order valence-corrected chi connectivity index (χ2v) is 10.4. The van der Waals surface area contributed by atoms with Crippen LogP contribution in [0.15, 0.2) is 76.5 Å². The molecule has 32 heavy (non-hydrogen) atoms. The maximum absolute atomic E-state index is 13.2. The minimum atomic E-state index is -4.01. The third-order valence-electron chi connectivity index (χ3n) is 6.04. The number of phenols is 1. The van der Waals surface area contributed by atoms with Gasteiger partial charge in [0.15, 0.2) is 12.0 Å². The first-order chi connectivity index (χ1) is 14.8. The number of phenolic OH excluding ortho intramolecular Hbond substituents is 1. The Morgan fingerprint density at radius 1 is 1.09 bits per heavy atom. The lowest BCUT2D eigenvalue weighted by Crippen LogP contribution is -3.10. The highest BCUT2D eigenvalue weighted by molar-refractivity contribution is 7.91. The van der Waals surface area contributed by atoms with E-state index in [1.54, 1.807) is 13.8 Å². The molecule has 2 aromatic carbocycles. The fourth-order valence-corrected chi connectivity index (χ4v) is 5.25. The van der Waals surface area contributed by atoms with Gasteiger partial charge < -0.3 is 25.3 Å². The van der Waals surface area contributed by atoms with Crippen LogP contribution < -0.4 is 9.91 Å². The summed E-state index contributed by atoms with van der Waals surface area (Å²) >= 11 is 0. The van der Waals surface area contributed by atoms with Gasteiger partial charge >= 0.3 is 0 Å². The van der Waals surface area contributed by atoms with Crippen molar-refractivity contribution in [2.45, 2.75) is 47.8 Å². The van der Waals surface area contributed by atoms with E-state index in [2.05, 4.69) is 0 Å². The van der Waals surface area contributed by atoms with Crippen LogP contribution in [0.4, 0.5) is 0 Å². The highest BCUT2D eigenvalue weighted by atomic mass is 32.2. The smallest absolute Gasteiger partial charge is 0.206 e. The zero-order chi connectivity index (χ0) is 23.5. The minimum absolute atomic E-state index is 0.0854. The molecule has 0 spiro atoms. The van der Waals surface area contributed by atoms with Crippen molar-refractivity contribution in [3.8, 4) is 11.5 Å². The molecule has 2 aliphatic rings. The molecule has 2 aliphatic heterocycles. The number of allylic oxidation sites excluding steroid dienone is 1. The predicted octanol–water partition coefficient (Wildman–Crippen LogP) is 1.71. The number of ether oxygens (including phenoxy) is 1. The normalized spacial score (nSPS) is 26.8. The average molecular weight is 461 g/mol. The van der Waals surface area contributed by atoms with Crippen molar-refractivity contribution in [1.82, 2.24) is 5.01 Å². The summed E-state index contributed by atoms with van der Waals surface area (Å²) in [7, 11) is -4.01. The molecule has 4 rings (SSSR count). The topological polar surface area (TPSA) is 135 Å². The van der Waals surface area contributed by atoms with Gasteiger partial charge in [0.1, 0.15) is 28.7 Å². The number of hydroxylamine groups is 1. The van der Waals surface area contributed by atoms with Crippen LogP contribution in [-0.4, -0.2) is 39.9 Å². The molecular formula is C22H24N2O7S. The monoisotopic (exact) mass is 460 g/mol. The fourth-order valence-electron chi connectivity index (χ4n) is 3.91. The number of nitrogens with one attached hydrogen (secondary N) is 1. The molecule has 0 amide bonds. The molecule has 0 radical (unpaired) electrons. The van der Waals surface area contributed by atoms with Crippen LogP contribution in [0, 0.1) is 5.21 Å². The number of aromatic hydroxyl groups is 1. The van der Waals surface area contributed by atoms with Crippen LogP contribution in [0.25, 0.3) is 0 Å². The second-order valence-electron chi connectivity index (χ2n) is 8.49. The Morgan fingerprint density at radius 3 is 2.44 bits per heavy atom. The summed E-state index contributed by atoms with van der Waals surface area (Å²) in [6.07, 6.45) is 3.68. The molecular weight excluding hydrogens is 436 g/mol. The predicted molar refractivity (Wildman–Crippen MR) is 114 cm³/mol. The maximum Gasteiger partial charge on any atom is 0.206 e. The highest BCUT2D eigenvalue weighted by Gasteiger charge is 2.56. The van der Waals surface area contributed by atoms with E-state index in [0.717, 1.165) is 12.3 Å². The molecule has 10 heteroatoms. The van der Waals surface area contributed by atoms with Crippen LogP contribution in [0.1, 0.15) is 32.4 Å². The van der Waals surface area contributed by atoms with Gasteiger partial charge in [-0.1, -0.05) is 6.07 Å². The van der Waals surface area contributed by atoms with Crippen molar-refractivity contribution >= 4 is 9.84 Å². The number of aliphatic hydroxyl groups excluding tert-OH is 1. The number of sulfone groups is 1. The number of nitrogens with zero attached hydrogens (tertiary/aromatic N) is 1. The number of quaternary nitrogens is 1. The average Bonchev–Trinajstić information content (AvgIpc) is 2.69. The van der Waals surface area contributed by atoms with Crippen LogP contribution in [-0.2, 0) is 9.84 Å². The fraction of sp³-hybridized carbons (Fsp3) is 0.273. The quantitative estimate of drug-likeness (QED) is 0.509. The Balaban J connectivity index is 1.89. The van der Waals surface area contributed by atoms with Crippen molar-refractivity contribution in [3.63, 3.8) is 0 Å². The van der Waals surface area contributed by atoms with E-state index in [1.807, 2.05) is 0 Å².